The van der Waals surface area contributed by atoms with E-state index < -0.39 is 17.8 Å². The van der Waals surface area contributed by atoms with Gasteiger partial charge >= 0.3 is 6.03 Å². The van der Waals surface area contributed by atoms with Gasteiger partial charge in [0.05, 0.1) is 6.61 Å². The largest absolute Gasteiger partial charge is 0.392 e. The Kier molecular flexibility index (Phi) is 3.20. The first-order valence-corrected chi connectivity index (χ1v) is 5.18. The van der Waals surface area contributed by atoms with Gasteiger partial charge in [0, 0.05) is 0 Å². The third kappa shape index (κ3) is 2.44. The molecule has 0 unspecified atom stereocenters. The van der Waals surface area contributed by atoms with Crippen molar-refractivity contribution in [3.05, 3.63) is 41.0 Å². The fourth-order valence-corrected chi connectivity index (χ4v) is 1.49. The summed E-state index contributed by atoms with van der Waals surface area (Å²) in [7, 11) is 0. The number of urea groups is 1. The van der Waals surface area contributed by atoms with Crippen LogP contribution in [-0.4, -0.2) is 23.0 Å². The average molecular weight is 246 g/mol. The summed E-state index contributed by atoms with van der Waals surface area (Å²) in [4.78, 5) is 33.7. The lowest BCUT2D eigenvalue weighted by molar-refractivity contribution is -0.123. The number of hydrogen-bond donors (Lipinski definition) is 3. The normalized spacial score (nSPS) is 15.2. The first-order valence-electron chi connectivity index (χ1n) is 5.18. The van der Waals surface area contributed by atoms with Gasteiger partial charge in [0.15, 0.2) is 0 Å². The highest BCUT2D eigenvalue weighted by Crippen LogP contribution is 2.11. The molecular formula is C12H10N2O4. The molecule has 1 fully saturated rings. The molecule has 1 aliphatic rings. The van der Waals surface area contributed by atoms with E-state index in [1.807, 2.05) is 10.6 Å². The Morgan fingerprint density at radius 3 is 2.06 bits per heavy atom. The lowest BCUT2D eigenvalue weighted by Crippen LogP contribution is -2.51. The van der Waals surface area contributed by atoms with Crippen molar-refractivity contribution in [2.24, 2.45) is 0 Å². The maximum atomic E-state index is 11.4. The number of carbonyl (C=O) groups is 3. The Morgan fingerprint density at radius 1 is 1.00 bits per heavy atom. The Morgan fingerprint density at radius 2 is 1.56 bits per heavy atom. The van der Waals surface area contributed by atoms with Crippen molar-refractivity contribution in [2.75, 3.05) is 0 Å². The van der Waals surface area contributed by atoms with Gasteiger partial charge in [0.25, 0.3) is 11.8 Å². The molecule has 0 saturated carbocycles. The highest BCUT2D eigenvalue weighted by Gasteiger charge is 2.27. The third-order valence-corrected chi connectivity index (χ3v) is 2.42. The second kappa shape index (κ2) is 4.80. The van der Waals surface area contributed by atoms with Crippen LogP contribution < -0.4 is 10.6 Å². The molecule has 0 radical (unpaired) electrons. The summed E-state index contributed by atoms with van der Waals surface area (Å²) >= 11 is 0. The minimum absolute atomic E-state index is 0.0771. The molecule has 3 N–H and O–H groups in total. The molecule has 6 heteroatoms. The topological polar surface area (TPSA) is 95.5 Å². The average Bonchev–Trinajstić information content (AvgIpc) is 2.34. The van der Waals surface area contributed by atoms with Gasteiger partial charge in [-0.2, -0.15) is 0 Å². The Bertz CT molecular complexity index is 524. The summed E-state index contributed by atoms with van der Waals surface area (Å²) in [5, 5.41) is 12.9. The van der Waals surface area contributed by atoms with Gasteiger partial charge in [0.2, 0.25) is 0 Å². The predicted octanol–water partition coefficient (Wildman–Crippen LogP) is -0.0717. The number of amides is 4. The molecule has 0 aliphatic carbocycles. The highest BCUT2D eigenvalue weighted by molar-refractivity contribution is 6.31. The molecule has 0 atom stereocenters. The van der Waals surface area contributed by atoms with Gasteiger partial charge in [-0.3, -0.25) is 20.2 Å². The molecule has 1 saturated heterocycles. The first-order chi connectivity index (χ1) is 8.60. The maximum absolute atomic E-state index is 11.4. The van der Waals surface area contributed by atoms with E-state index in [1.165, 1.54) is 6.08 Å². The van der Waals surface area contributed by atoms with Crippen LogP contribution in [0.15, 0.2) is 29.8 Å². The van der Waals surface area contributed by atoms with Gasteiger partial charge < -0.3 is 5.11 Å². The number of aliphatic hydroxyl groups is 1. The van der Waals surface area contributed by atoms with Gasteiger partial charge in [0.1, 0.15) is 5.57 Å². The zero-order valence-electron chi connectivity index (χ0n) is 9.27. The summed E-state index contributed by atoms with van der Waals surface area (Å²) < 4.78 is 0. The molecule has 1 heterocycles. The van der Waals surface area contributed by atoms with E-state index >= 15 is 0 Å². The second-order valence-electron chi connectivity index (χ2n) is 3.70. The zero-order chi connectivity index (χ0) is 13.1. The van der Waals surface area contributed by atoms with Gasteiger partial charge in [-0.25, -0.2) is 4.79 Å². The summed E-state index contributed by atoms with van der Waals surface area (Å²) in [5.41, 5.74) is 1.22. The molecule has 0 aromatic heterocycles. The second-order valence-corrected chi connectivity index (χ2v) is 3.70. The third-order valence-electron chi connectivity index (χ3n) is 2.42. The van der Waals surface area contributed by atoms with Crippen LogP contribution in [0, 0.1) is 0 Å². The molecule has 1 aliphatic heterocycles. The van der Waals surface area contributed by atoms with Crippen molar-refractivity contribution in [3.63, 3.8) is 0 Å². The predicted molar refractivity (Wildman–Crippen MR) is 62.0 cm³/mol. The number of imide groups is 2. The van der Waals surface area contributed by atoms with Crippen LogP contribution in [0.2, 0.25) is 0 Å². The van der Waals surface area contributed by atoms with E-state index in [1.54, 1.807) is 24.3 Å². The Labute approximate surface area is 102 Å². The molecule has 18 heavy (non-hydrogen) atoms. The standard InChI is InChI=1S/C12H10N2O4/c15-6-8-3-1-7(2-4-8)5-9-10(16)13-12(18)14-11(9)17/h1-5,15H,6H2,(H2,13,14,16,17,18). The minimum Gasteiger partial charge on any atom is -0.392 e. The van der Waals surface area contributed by atoms with Crippen molar-refractivity contribution >= 4 is 23.9 Å². The summed E-state index contributed by atoms with van der Waals surface area (Å²) in [6.45, 7) is -0.0771. The van der Waals surface area contributed by atoms with Crippen LogP contribution in [0.1, 0.15) is 11.1 Å². The van der Waals surface area contributed by atoms with Crippen LogP contribution in [-0.2, 0) is 16.2 Å². The fourth-order valence-electron chi connectivity index (χ4n) is 1.49. The molecule has 92 valence electrons. The van der Waals surface area contributed by atoms with Crippen molar-refractivity contribution in [2.45, 2.75) is 6.61 Å². The fraction of sp³-hybridized carbons (Fsp3) is 0.0833. The van der Waals surface area contributed by atoms with E-state index in [0.29, 0.717) is 5.56 Å². The van der Waals surface area contributed by atoms with E-state index in [9.17, 15) is 14.4 Å². The summed E-state index contributed by atoms with van der Waals surface area (Å²) in [6.07, 6.45) is 1.37. The van der Waals surface area contributed by atoms with Crippen LogP contribution in [0.5, 0.6) is 0 Å². The van der Waals surface area contributed by atoms with E-state index in [-0.39, 0.29) is 12.2 Å². The van der Waals surface area contributed by atoms with Crippen molar-refractivity contribution in [1.29, 1.82) is 0 Å². The number of benzene rings is 1. The molecular weight excluding hydrogens is 236 g/mol. The van der Waals surface area contributed by atoms with E-state index in [4.69, 9.17) is 5.11 Å². The van der Waals surface area contributed by atoms with Crippen molar-refractivity contribution in [3.8, 4) is 0 Å². The maximum Gasteiger partial charge on any atom is 0.328 e. The van der Waals surface area contributed by atoms with Crippen LogP contribution in [0.3, 0.4) is 0 Å². The molecule has 6 nitrogen and oxygen atoms in total. The van der Waals surface area contributed by atoms with E-state index in [2.05, 4.69) is 0 Å². The number of hydrogen-bond acceptors (Lipinski definition) is 4. The quantitative estimate of drug-likeness (QED) is 0.502. The highest BCUT2D eigenvalue weighted by atomic mass is 16.3. The Balaban J connectivity index is 2.28. The smallest absolute Gasteiger partial charge is 0.328 e. The molecule has 0 spiro atoms. The lowest BCUT2D eigenvalue weighted by atomic mass is 10.1. The monoisotopic (exact) mass is 246 g/mol. The Hall–Kier alpha value is -2.47. The summed E-state index contributed by atoms with van der Waals surface area (Å²) in [5.74, 6) is -1.45. The first kappa shape index (κ1) is 12.0. The molecule has 1 aromatic rings. The van der Waals surface area contributed by atoms with Crippen molar-refractivity contribution in [1.82, 2.24) is 10.6 Å². The molecule has 2 rings (SSSR count). The minimum atomic E-state index is -0.822. The number of nitrogens with one attached hydrogen (secondary N) is 2. The van der Waals surface area contributed by atoms with Crippen LogP contribution in [0.4, 0.5) is 4.79 Å². The van der Waals surface area contributed by atoms with Gasteiger partial charge in [-0.1, -0.05) is 24.3 Å². The van der Waals surface area contributed by atoms with Crippen molar-refractivity contribution < 1.29 is 19.5 Å². The van der Waals surface area contributed by atoms with Gasteiger partial charge in [-0.05, 0) is 17.2 Å². The van der Waals surface area contributed by atoms with Gasteiger partial charge in [-0.15, -0.1) is 0 Å². The number of aliphatic hydroxyl groups excluding tert-OH is 1. The van der Waals surface area contributed by atoms with Crippen LogP contribution >= 0.6 is 0 Å². The summed E-state index contributed by atoms with van der Waals surface area (Å²) in [6, 6.07) is 5.86. The lowest BCUT2D eigenvalue weighted by Gasteiger charge is -2.13. The molecule has 0 bridgehead atoms. The molecule has 1 aromatic carbocycles. The van der Waals surface area contributed by atoms with E-state index in [0.717, 1.165) is 5.56 Å². The molecule has 4 amide bonds. The van der Waals surface area contributed by atoms with Crippen LogP contribution in [0.25, 0.3) is 6.08 Å². The zero-order valence-corrected chi connectivity index (χ0v) is 9.27. The number of rotatable bonds is 2. The number of barbiturate groups is 1. The SMILES string of the molecule is O=C1NC(=O)C(=Cc2ccc(CO)cc2)C(=O)N1. The number of carbonyl (C=O) groups excluding carboxylic acids is 3.